The van der Waals surface area contributed by atoms with Gasteiger partial charge in [-0.05, 0) is 37.8 Å². The van der Waals surface area contributed by atoms with Crippen LogP contribution < -0.4 is 5.32 Å². The van der Waals surface area contributed by atoms with Crippen molar-refractivity contribution in [3.05, 3.63) is 23.8 Å². The summed E-state index contributed by atoms with van der Waals surface area (Å²) < 4.78 is 0. The molecule has 0 aliphatic heterocycles. The Hall–Kier alpha value is -0.960. The lowest BCUT2D eigenvalue weighted by Crippen LogP contribution is -2.18. The third kappa shape index (κ3) is 4.27. The molecule has 0 spiro atoms. The molecule has 2 unspecified atom stereocenters. The van der Waals surface area contributed by atoms with Crippen LogP contribution in [0.25, 0.3) is 0 Å². The molecule has 0 radical (unpaired) electrons. The number of nitrogens with zero attached hydrogens (tertiary/aromatic N) is 2. The smallest absolute Gasteiger partial charge is 0.131 e. The normalized spacial score (nSPS) is 23.5. The zero-order chi connectivity index (χ0) is 13.5. The highest BCUT2D eigenvalue weighted by atomic mass is 14.9. The van der Waals surface area contributed by atoms with E-state index in [9.17, 15) is 0 Å². The number of hydrogen-bond acceptors (Lipinski definition) is 3. The van der Waals surface area contributed by atoms with E-state index in [2.05, 4.69) is 24.1 Å². The van der Waals surface area contributed by atoms with Crippen molar-refractivity contribution in [3.8, 4) is 0 Å². The first kappa shape index (κ1) is 14.4. The fraction of sp³-hybridized carbons (Fsp3) is 0.750. The van der Waals surface area contributed by atoms with Crippen LogP contribution in [0.1, 0.15) is 69.8 Å². The first-order valence-corrected chi connectivity index (χ1v) is 7.86. The standard InChI is InChI=1S/C16H27N3/c1-3-9-17-12-15-8-10-18-16(19-15)14-7-5-6-13(4-2)11-14/h8,10,13-14,17H,3-7,9,11-12H2,1-2H3. The Morgan fingerprint density at radius 3 is 3.00 bits per heavy atom. The van der Waals surface area contributed by atoms with Gasteiger partial charge in [-0.3, -0.25) is 0 Å². The van der Waals surface area contributed by atoms with Crippen molar-refractivity contribution in [3.63, 3.8) is 0 Å². The molecule has 19 heavy (non-hydrogen) atoms. The Kier molecular flexibility index (Phi) is 5.77. The van der Waals surface area contributed by atoms with E-state index in [0.717, 1.165) is 30.5 Å². The first-order chi connectivity index (χ1) is 9.33. The Morgan fingerprint density at radius 2 is 2.21 bits per heavy atom. The second-order valence-corrected chi connectivity index (χ2v) is 5.72. The summed E-state index contributed by atoms with van der Waals surface area (Å²) in [5, 5.41) is 3.41. The zero-order valence-electron chi connectivity index (χ0n) is 12.4. The lowest BCUT2D eigenvalue weighted by atomic mass is 9.80. The molecule has 1 aromatic rings. The minimum Gasteiger partial charge on any atom is -0.311 e. The molecule has 0 bridgehead atoms. The summed E-state index contributed by atoms with van der Waals surface area (Å²) in [5.41, 5.74) is 1.14. The molecule has 1 heterocycles. The van der Waals surface area contributed by atoms with Crippen molar-refractivity contribution in [1.82, 2.24) is 15.3 Å². The summed E-state index contributed by atoms with van der Waals surface area (Å²) in [6, 6.07) is 2.03. The van der Waals surface area contributed by atoms with Gasteiger partial charge in [0.05, 0.1) is 5.69 Å². The third-order valence-corrected chi connectivity index (χ3v) is 4.19. The van der Waals surface area contributed by atoms with E-state index in [4.69, 9.17) is 4.98 Å². The van der Waals surface area contributed by atoms with Gasteiger partial charge in [0.15, 0.2) is 0 Å². The van der Waals surface area contributed by atoms with E-state index in [-0.39, 0.29) is 0 Å². The Bertz CT molecular complexity index is 378. The summed E-state index contributed by atoms with van der Waals surface area (Å²) in [6.07, 6.45) is 9.67. The maximum atomic E-state index is 4.76. The van der Waals surface area contributed by atoms with Crippen molar-refractivity contribution in [1.29, 1.82) is 0 Å². The van der Waals surface area contributed by atoms with Gasteiger partial charge >= 0.3 is 0 Å². The van der Waals surface area contributed by atoms with Gasteiger partial charge < -0.3 is 5.32 Å². The molecular weight excluding hydrogens is 234 g/mol. The molecule has 1 aliphatic rings. The van der Waals surface area contributed by atoms with Crippen molar-refractivity contribution >= 4 is 0 Å². The number of nitrogens with one attached hydrogen (secondary N) is 1. The van der Waals surface area contributed by atoms with Crippen LogP contribution in [0, 0.1) is 5.92 Å². The summed E-state index contributed by atoms with van der Waals surface area (Å²) in [6.45, 7) is 6.41. The number of aromatic nitrogens is 2. The molecule has 3 nitrogen and oxygen atoms in total. The second kappa shape index (κ2) is 7.59. The van der Waals surface area contributed by atoms with Crippen molar-refractivity contribution in [2.45, 2.75) is 64.8 Å². The summed E-state index contributed by atoms with van der Waals surface area (Å²) in [7, 11) is 0. The van der Waals surface area contributed by atoms with Crippen molar-refractivity contribution in [2.75, 3.05) is 6.54 Å². The molecule has 2 atom stereocenters. The molecular formula is C16H27N3. The van der Waals surface area contributed by atoms with Crippen LogP contribution >= 0.6 is 0 Å². The predicted molar refractivity (Wildman–Crippen MR) is 79.0 cm³/mol. The van der Waals surface area contributed by atoms with Gasteiger partial charge in [0.2, 0.25) is 0 Å². The average Bonchev–Trinajstić information content (AvgIpc) is 2.48. The highest BCUT2D eigenvalue weighted by molar-refractivity contribution is 5.06. The quantitative estimate of drug-likeness (QED) is 0.794. The highest BCUT2D eigenvalue weighted by Gasteiger charge is 2.24. The van der Waals surface area contributed by atoms with Crippen LogP contribution in [0.4, 0.5) is 0 Å². The topological polar surface area (TPSA) is 37.8 Å². The summed E-state index contributed by atoms with van der Waals surface area (Å²) in [5.74, 6) is 2.54. The van der Waals surface area contributed by atoms with Crippen molar-refractivity contribution < 1.29 is 0 Å². The molecule has 1 aliphatic carbocycles. The van der Waals surface area contributed by atoms with Crippen LogP contribution in [0.3, 0.4) is 0 Å². The highest BCUT2D eigenvalue weighted by Crippen LogP contribution is 2.35. The summed E-state index contributed by atoms with van der Waals surface area (Å²) >= 11 is 0. The van der Waals surface area contributed by atoms with Crippen LogP contribution in [0.5, 0.6) is 0 Å². The van der Waals surface area contributed by atoms with Crippen LogP contribution in [-0.2, 0) is 6.54 Å². The van der Waals surface area contributed by atoms with E-state index in [1.165, 1.54) is 38.5 Å². The lowest BCUT2D eigenvalue weighted by Gasteiger charge is -2.27. The third-order valence-electron chi connectivity index (χ3n) is 4.19. The molecule has 3 heteroatoms. The molecule has 1 saturated carbocycles. The zero-order valence-corrected chi connectivity index (χ0v) is 12.4. The molecule has 0 amide bonds. The molecule has 1 N–H and O–H groups in total. The fourth-order valence-corrected chi connectivity index (χ4v) is 3.00. The van der Waals surface area contributed by atoms with E-state index in [1.807, 2.05) is 12.3 Å². The Balaban J connectivity index is 1.97. The minimum absolute atomic E-state index is 0.588. The second-order valence-electron chi connectivity index (χ2n) is 5.72. The van der Waals surface area contributed by atoms with E-state index < -0.39 is 0 Å². The maximum absolute atomic E-state index is 4.76. The Labute approximate surface area is 117 Å². The van der Waals surface area contributed by atoms with Gasteiger partial charge in [-0.2, -0.15) is 0 Å². The summed E-state index contributed by atoms with van der Waals surface area (Å²) in [4.78, 5) is 9.28. The molecule has 2 rings (SSSR count). The predicted octanol–water partition coefficient (Wildman–Crippen LogP) is 3.66. The Morgan fingerprint density at radius 1 is 1.32 bits per heavy atom. The van der Waals surface area contributed by atoms with E-state index >= 15 is 0 Å². The average molecular weight is 261 g/mol. The molecule has 0 aromatic carbocycles. The maximum Gasteiger partial charge on any atom is 0.131 e. The molecule has 1 fully saturated rings. The van der Waals surface area contributed by atoms with Gasteiger partial charge in [0.1, 0.15) is 5.82 Å². The number of hydrogen-bond donors (Lipinski definition) is 1. The van der Waals surface area contributed by atoms with Crippen LogP contribution in [-0.4, -0.2) is 16.5 Å². The van der Waals surface area contributed by atoms with Crippen LogP contribution in [0.2, 0.25) is 0 Å². The van der Waals surface area contributed by atoms with Crippen molar-refractivity contribution in [2.24, 2.45) is 5.92 Å². The monoisotopic (exact) mass is 261 g/mol. The molecule has 106 valence electrons. The van der Waals surface area contributed by atoms with Crippen LogP contribution in [0.15, 0.2) is 12.3 Å². The van der Waals surface area contributed by atoms with Gasteiger partial charge in [-0.15, -0.1) is 0 Å². The minimum atomic E-state index is 0.588. The molecule has 0 saturated heterocycles. The fourth-order valence-electron chi connectivity index (χ4n) is 3.00. The van der Waals surface area contributed by atoms with E-state index in [1.54, 1.807) is 0 Å². The SMILES string of the molecule is CCCNCc1ccnc(C2CCCC(CC)C2)n1. The molecule has 1 aromatic heterocycles. The van der Waals surface area contributed by atoms with Gasteiger partial charge in [-0.25, -0.2) is 9.97 Å². The lowest BCUT2D eigenvalue weighted by molar-refractivity contribution is 0.306. The van der Waals surface area contributed by atoms with Gasteiger partial charge in [0.25, 0.3) is 0 Å². The van der Waals surface area contributed by atoms with E-state index in [0.29, 0.717) is 5.92 Å². The number of rotatable bonds is 6. The van der Waals surface area contributed by atoms with Gasteiger partial charge in [-0.1, -0.05) is 33.1 Å². The largest absolute Gasteiger partial charge is 0.311 e. The van der Waals surface area contributed by atoms with Gasteiger partial charge in [0, 0.05) is 18.7 Å². The first-order valence-electron chi connectivity index (χ1n) is 7.86.